The molecule has 0 bridgehead atoms. The highest BCUT2D eigenvalue weighted by Gasteiger charge is 2.09. The van der Waals surface area contributed by atoms with E-state index in [-0.39, 0.29) is 0 Å². The molecule has 1 aromatic heterocycles. The van der Waals surface area contributed by atoms with Crippen LogP contribution in [0.5, 0.6) is 0 Å². The Bertz CT molecular complexity index is 667. The summed E-state index contributed by atoms with van der Waals surface area (Å²) in [6.45, 7) is 2.17. The number of nitrogens with one attached hydrogen (secondary N) is 1. The molecule has 0 atom stereocenters. The fraction of sp³-hybridized carbons (Fsp3) is 0.143. The van der Waals surface area contributed by atoms with Gasteiger partial charge in [0.15, 0.2) is 0 Å². The van der Waals surface area contributed by atoms with Crippen LogP contribution in [-0.2, 0) is 0 Å². The number of hydrogen-bond acceptors (Lipinski definition) is 1. The zero-order valence-electron chi connectivity index (χ0n) is 9.37. The molecule has 3 rings (SSSR count). The van der Waals surface area contributed by atoms with Crippen molar-refractivity contribution in [1.29, 1.82) is 0 Å². The molecule has 2 aromatic carbocycles. The molecule has 0 aliphatic heterocycles. The first kappa shape index (κ1) is 9.79. The van der Waals surface area contributed by atoms with Crippen LogP contribution < -0.4 is 0 Å². The summed E-state index contributed by atoms with van der Waals surface area (Å²) in [6.07, 6.45) is 2.12. The van der Waals surface area contributed by atoms with Crippen molar-refractivity contribution in [2.75, 3.05) is 6.26 Å². The fourth-order valence-electron chi connectivity index (χ4n) is 2.27. The van der Waals surface area contributed by atoms with Crippen LogP contribution in [0.25, 0.3) is 21.8 Å². The second-order valence-corrected chi connectivity index (χ2v) is 4.85. The molecule has 0 fully saturated rings. The molecule has 0 saturated carbocycles. The standard InChI is InChI=1S/C14H13NS/c1-9-7-8-12(16-2)14-13(9)10-5-3-4-6-11(10)15-14/h3-8,15H,1-2H3. The molecule has 0 radical (unpaired) electrons. The van der Waals surface area contributed by atoms with Crippen LogP contribution in [-0.4, -0.2) is 11.2 Å². The number of aryl methyl sites for hydroxylation is 1. The maximum atomic E-state index is 3.52. The van der Waals surface area contributed by atoms with Crippen LogP contribution in [0.15, 0.2) is 41.3 Å². The molecule has 3 aromatic rings. The minimum atomic E-state index is 1.22. The third-order valence-corrected chi connectivity index (χ3v) is 3.83. The van der Waals surface area contributed by atoms with Crippen LogP contribution in [0.4, 0.5) is 0 Å². The average molecular weight is 227 g/mol. The van der Waals surface area contributed by atoms with Gasteiger partial charge in [-0.05, 0) is 30.9 Å². The van der Waals surface area contributed by atoms with Gasteiger partial charge in [0, 0.05) is 21.2 Å². The Morgan fingerprint density at radius 2 is 1.88 bits per heavy atom. The monoisotopic (exact) mass is 227 g/mol. The van der Waals surface area contributed by atoms with E-state index in [1.54, 1.807) is 11.8 Å². The van der Waals surface area contributed by atoms with Crippen LogP contribution >= 0.6 is 11.8 Å². The largest absolute Gasteiger partial charge is 0.354 e. The third-order valence-electron chi connectivity index (χ3n) is 3.05. The first-order valence-electron chi connectivity index (χ1n) is 5.35. The molecule has 0 unspecified atom stereocenters. The van der Waals surface area contributed by atoms with E-state index in [0.717, 1.165) is 0 Å². The van der Waals surface area contributed by atoms with Gasteiger partial charge >= 0.3 is 0 Å². The number of rotatable bonds is 1. The predicted molar refractivity (Wildman–Crippen MR) is 72.3 cm³/mol. The van der Waals surface area contributed by atoms with Crippen molar-refractivity contribution in [3.05, 3.63) is 42.0 Å². The molecule has 0 aliphatic rings. The molecule has 1 heterocycles. The Hall–Kier alpha value is -1.41. The van der Waals surface area contributed by atoms with Crippen molar-refractivity contribution in [3.63, 3.8) is 0 Å². The smallest absolute Gasteiger partial charge is 0.0605 e. The van der Waals surface area contributed by atoms with Gasteiger partial charge < -0.3 is 4.98 Å². The second kappa shape index (κ2) is 3.56. The molecular formula is C14H13NS. The number of para-hydroxylation sites is 1. The van der Waals surface area contributed by atoms with E-state index >= 15 is 0 Å². The highest BCUT2D eigenvalue weighted by atomic mass is 32.2. The zero-order valence-corrected chi connectivity index (χ0v) is 10.2. The van der Waals surface area contributed by atoms with E-state index in [1.807, 2.05) is 0 Å². The van der Waals surface area contributed by atoms with Crippen LogP contribution in [0.2, 0.25) is 0 Å². The number of thioether (sulfide) groups is 1. The highest BCUT2D eigenvalue weighted by molar-refractivity contribution is 7.98. The Balaban J connectivity index is 2.58. The molecular weight excluding hydrogens is 214 g/mol. The minimum absolute atomic E-state index is 1.22. The van der Waals surface area contributed by atoms with E-state index in [1.165, 1.54) is 32.3 Å². The Morgan fingerprint density at radius 3 is 2.69 bits per heavy atom. The van der Waals surface area contributed by atoms with Gasteiger partial charge in [0.2, 0.25) is 0 Å². The maximum absolute atomic E-state index is 3.52. The lowest BCUT2D eigenvalue weighted by atomic mass is 10.1. The lowest BCUT2D eigenvalue weighted by Gasteiger charge is -2.01. The van der Waals surface area contributed by atoms with Crippen molar-refractivity contribution < 1.29 is 0 Å². The van der Waals surface area contributed by atoms with Crippen molar-refractivity contribution in [2.45, 2.75) is 11.8 Å². The van der Waals surface area contributed by atoms with E-state index < -0.39 is 0 Å². The first-order valence-corrected chi connectivity index (χ1v) is 6.58. The number of fused-ring (bicyclic) bond motifs is 3. The van der Waals surface area contributed by atoms with Crippen molar-refractivity contribution in [1.82, 2.24) is 4.98 Å². The summed E-state index contributed by atoms with van der Waals surface area (Å²) in [5.41, 5.74) is 3.83. The maximum Gasteiger partial charge on any atom is 0.0605 e. The average Bonchev–Trinajstić information content (AvgIpc) is 2.69. The number of aromatic amines is 1. The lowest BCUT2D eigenvalue weighted by Crippen LogP contribution is -1.78. The van der Waals surface area contributed by atoms with Gasteiger partial charge in [-0.1, -0.05) is 24.3 Å². The zero-order chi connectivity index (χ0) is 11.1. The number of hydrogen-bond donors (Lipinski definition) is 1. The molecule has 0 spiro atoms. The van der Waals surface area contributed by atoms with Gasteiger partial charge in [0.05, 0.1) is 5.52 Å². The van der Waals surface area contributed by atoms with E-state index in [2.05, 4.69) is 54.6 Å². The first-order chi connectivity index (χ1) is 7.81. The normalized spacial score (nSPS) is 11.4. The molecule has 1 N–H and O–H groups in total. The van der Waals surface area contributed by atoms with Crippen molar-refractivity contribution >= 4 is 33.6 Å². The van der Waals surface area contributed by atoms with E-state index in [4.69, 9.17) is 0 Å². The van der Waals surface area contributed by atoms with Gasteiger partial charge in [-0.2, -0.15) is 0 Å². The molecule has 80 valence electrons. The molecule has 0 saturated heterocycles. The van der Waals surface area contributed by atoms with Gasteiger partial charge in [-0.3, -0.25) is 0 Å². The number of H-pyrrole nitrogens is 1. The Morgan fingerprint density at radius 1 is 1.06 bits per heavy atom. The van der Waals surface area contributed by atoms with E-state index in [0.29, 0.717) is 0 Å². The van der Waals surface area contributed by atoms with Gasteiger partial charge in [-0.25, -0.2) is 0 Å². The van der Waals surface area contributed by atoms with Gasteiger partial charge in [0.1, 0.15) is 0 Å². The van der Waals surface area contributed by atoms with Crippen LogP contribution in [0.1, 0.15) is 5.56 Å². The quantitative estimate of drug-likeness (QED) is 0.611. The van der Waals surface area contributed by atoms with Crippen molar-refractivity contribution in [3.8, 4) is 0 Å². The van der Waals surface area contributed by atoms with Crippen molar-refractivity contribution in [2.24, 2.45) is 0 Å². The molecule has 0 amide bonds. The fourth-order valence-corrected chi connectivity index (χ4v) is 2.84. The lowest BCUT2D eigenvalue weighted by molar-refractivity contribution is 1.41. The third kappa shape index (κ3) is 1.26. The summed E-state index contributed by atoms with van der Waals surface area (Å²) < 4.78 is 0. The summed E-state index contributed by atoms with van der Waals surface area (Å²) in [5.74, 6) is 0. The molecule has 0 aliphatic carbocycles. The summed E-state index contributed by atoms with van der Waals surface area (Å²) in [7, 11) is 0. The predicted octanol–water partition coefficient (Wildman–Crippen LogP) is 4.35. The number of benzene rings is 2. The SMILES string of the molecule is CSc1ccc(C)c2c1[nH]c1ccccc12. The Labute approximate surface area is 98.9 Å². The summed E-state index contributed by atoms with van der Waals surface area (Å²) in [5, 5.41) is 2.69. The molecule has 16 heavy (non-hydrogen) atoms. The van der Waals surface area contributed by atoms with Crippen LogP contribution in [0, 0.1) is 6.92 Å². The van der Waals surface area contributed by atoms with E-state index in [9.17, 15) is 0 Å². The Kier molecular flexibility index (Phi) is 2.18. The second-order valence-electron chi connectivity index (χ2n) is 4.01. The van der Waals surface area contributed by atoms with Crippen LogP contribution in [0.3, 0.4) is 0 Å². The summed E-state index contributed by atoms with van der Waals surface area (Å²) >= 11 is 1.79. The number of aromatic nitrogens is 1. The highest BCUT2D eigenvalue weighted by Crippen LogP contribution is 2.33. The summed E-state index contributed by atoms with van der Waals surface area (Å²) in [4.78, 5) is 4.83. The topological polar surface area (TPSA) is 15.8 Å². The molecule has 1 nitrogen and oxygen atoms in total. The molecule has 2 heteroatoms. The van der Waals surface area contributed by atoms with Gasteiger partial charge in [0.25, 0.3) is 0 Å². The van der Waals surface area contributed by atoms with Gasteiger partial charge in [-0.15, -0.1) is 11.8 Å². The summed E-state index contributed by atoms with van der Waals surface area (Å²) in [6, 6.07) is 12.9. The minimum Gasteiger partial charge on any atom is -0.354 e.